The first-order valence-corrected chi connectivity index (χ1v) is 5.65. The molecule has 0 aromatic carbocycles. The van der Waals surface area contributed by atoms with Crippen LogP contribution in [0.5, 0.6) is 0 Å². The molecule has 1 rings (SSSR count). The van der Waals surface area contributed by atoms with Gasteiger partial charge in [-0.15, -0.1) is 5.10 Å². The van der Waals surface area contributed by atoms with Crippen molar-refractivity contribution in [3.8, 4) is 0 Å². The molecule has 0 aliphatic carbocycles. The molecule has 0 saturated heterocycles. The van der Waals surface area contributed by atoms with E-state index in [1.807, 2.05) is 13.8 Å². The van der Waals surface area contributed by atoms with Crippen LogP contribution in [0.2, 0.25) is 0 Å². The summed E-state index contributed by atoms with van der Waals surface area (Å²) in [6, 6.07) is 0. The second-order valence-electron chi connectivity index (χ2n) is 3.38. The highest BCUT2D eigenvalue weighted by atomic mass is 32.1. The van der Waals surface area contributed by atoms with E-state index in [0.29, 0.717) is 17.7 Å². The highest BCUT2D eigenvalue weighted by Gasteiger charge is 2.28. The lowest BCUT2D eigenvalue weighted by molar-refractivity contribution is 0.0822. The Balaban J connectivity index is 2.71. The molecule has 5 nitrogen and oxygen atoms in total. The van der Waals surface area contributed by atoms with Crippen LogP contribution in [0, 0.1) is 0 Å². The van der Waals surface area contributed by atoms with Crippen molar-refractivity contribution < 1.29 is 9.90 Å². The summed E-state index contributed by atoms with van der Waals surface area (Å²) in [6.45, 7) is 3.81. The zero-order valence-electron chi connectivity index (χ0n) is 8.86. The van der Waals surface area contributed by atoms with E-state index in [-0.39, 0.29) is 12.5 Å². The minimum atomic E-state index is -0.527. The van der Waals surface area contributed by atoms with E-state index in [2.05, 4.69) is 14.9 Å². The van der Waals surface area contributed by atoms with E-state index in [1.165, 1.54) is 6.20 Å². The van der Waals surface area contributed by atoms with Gasteiger partial charge in [0.05, 0.1) is 18.3 Å². The molecule has 0 spiro atoms. The fraction of sp³-hybridized carbons (Fsp3) is 0.667. The second-order valence-corrected chi connectivity index (χ2v) is 4.17. The van der Waals surface area contributed by atoms with Crippen LogP contribution in [0.25, 0.3) is 0 Å². The van der Waals surface area contributed by atoms with Crippen molar-refractivity contribution in [2.75, 3.05) is 6.61 Å². The third-order valence-corrected chi connectivity index (χ3v) is 3.28. The number of aliphatic hydroxyl groups is 1. The summed E-state index contributed by atoms with van der Waals surface area (Å²) in [6.07, 6.45) is 2.81. The smallest absolute Gasteiger partial charge is 0.265 e. The van der Waals surface area contributed by atoms with Gasteiger partial charge in [0.25, 0.3) is 5.91 Å². The molecular weight excluding hydrogens is 214 g/mol. The minimum absolute atomic E-state index is 0.0576. The minimum Gasteiger partial charge on any atom is -0.394 e. The maximum absolute atomic E-state index is 11.7. The molecule has 1 aromatic heterocycles. The number of aliphatic hydroxyl groups excluding tert-OH is 1. The lowest BCUT2D eigenvalue weighted by atomic mass is 9.94. The molecule has 1 aromatic rings. The predicted octanol–water partition coefficient (Wildman–Crippen LogP) is 0.819. The molecule has 2 N–H and O–H groups in total. The van der Waals surface area contributed by atoms with Crippen LogP contribution in [-0.2, 0) is 0 Å². The molecule has 15 heavy (non-hydrogen) atoms. The summed E-state index contributed by atoms with van der Waals surface area (Å²) < 4.78 is 3.62. The maximum Gasteiger partial charge on any atom is 0.265 e. The first-order valence-electron chi connectivity index (χ1n) is 4.88. The van der Waals surface area contributed by atoms with Gasteiger partial charge in [-0.3, -0.25) is 4.79 Å². The third-order valence-electron chi connectivity index (χ3n) is 2.62. The lowest BCUT2D eigenvalue weighted by Gasteiger charge is -2.30. The number of hydrogen-bond donors (Lipinski definition) is 2. The fourth-order valence-corrected chi connectivity index (χ4v) is 1.67. The lowest BCUT2D eigenvalue weighted by Crippen LogP contribution is -2.50. The van der Waals surface area contributed by atoms with Gasteiger partial charge in [-0.2, -0.15) is 0 Å². The van der Waals surface area contributed by atoms with E-state index >= 15 is 0 Å². The van der Waals surface area contributed by atoms with E-state index < -0.39 is 5.54 Å². The van der Waals surface area contributed by atoms with Gasteiger partial charge in [0.1, 0.15) is 4.88 Å². The molecule has 0 atom stereocenters. The SMILES string of the molecule is CCC(CC)(CO)NC(=O)c1cnns1. The van der Waals surface area contributed by atoms with Gasteiger partial charge in [0.2, 0.25) is 0 Å². The topological polar surface area (TPSA) is 75.1 Å². The van der Waals surface area contributed by atoms with Crippen LogP contribution in [0.1, 0.15) is 36.4 Å². The molecule has 1 amide bonds. The van der Waals surface area contributed by atoms with Crippen LogP contribution in [0.15, 0.2) is 6.20 Å². The van der Waals surface area contributed by atoms with Crippen molar-refractivity contribution in [1.29, 1.82) is 0 Å². The molecular formula is C9H15N3O2S. The molecule has 0 aliphatic rings. The van der Waals surface area contributed by atoms with E-state index in [4.69, 9.17) is 0 Å². The number of nitrogens with one attached hydrogen (secondary N) is 1. The molecule has 0 aliphatic heterocycles. The number of nitrogens with zero attached hydrogens (tertiary/aromatic N) is 2. The van der Waals surface area contributed by atoms with E-state index in [1.54, 1.807) is 0 Å². The van der Waals surface area contributed by atoms with E-state index in [9.17, 15) is 9.90 Å². The third kappa shape index (κ3) is 2.73. The largest absolute Gasteiger partial charge is 0.394 e. The van der Waals surface area contributed by atoms with Gasteiger partial charge in [0, 0.05) is 0 Å². The van der Waals surface area contributed by atoms with Crippen LogP contribution in [0.4, 0.5) is 0 Å². The summed E-state index contributed by atoms with van der Waals surface area (Å²) in [5.74, 6) is -0.220. The molecule has 84 valence electrons. The first kappa shape index (κ1) is 12.1. The van der Waals surface area contributed by atoms with Gasteiger partial charge < -0.3 is 10.4 Å². The summed E-state index contributed by atoms with van der Waals surface area (Å²) in [7, 11) is 0. The van der Waals surface area contributed by atoms with Crippen LogP contribution in [0.3, 0.4) is 0 Å². The standard InChI is InChI=1S/C9H15N3O2S/c1-3-9(4-2,6-13)11-8(14)7-5-10-12-15-7/h5,13H,3-4,6H2,1-2H3,(H,11,14). The number of amides is 1. The number of aromatic nitrogens is 2. The Morgan fingerprint density at radius 1 is 1.60 bits per heavy atom. The number of carbonyl (C=O) groups is 1. The Hall–Kier alpha value is -1.01. The van der Waals surface area contributed by atoms with Gasteiger partial charge in [-0.1, -0.05) is 18.3 Å². The normalized spacial score (nSPS) is 11.4. The summed E-state index contributed by atoms with van der Waals surface area (Å²) in [5, 5.41) is 15.7. The summed E-state index contributed by atoms with van der Waals surface area (Å²) in [5.41, 5.74) is -0.527. The van der Waals surface area contributed by atoms with Crippen molar-refractivity contribution in [3.63, 3.8) is 0 Å². The Labute approximate surface area is 92.7 Å². The zero-order chi connectivity index (χ0) is 11.3. The molecule has 0 bridgehead atoms. The predicted molar refractivity (Wildman–Crippen MR) is 57.8 cm³/mol. The average Bonchev–Trinajstić information content (AvgIpc) is 2.79. The zero-order valence-corrected chi connectivity index (χ0v) is 9.67. The molecule has 6 heteroatoms. The van der Waals surface area contributed by atoms with Crippen molar-refractivity contribution in [2.45, 2.75) is 32.2 Å². The van der Waals surface area contributed by atoms with Gasteiger partial charge >= 0.3 is 0 Å². The van der Waals surface area contributed by atoms with Crippen molar-refractivity contribution in [2.24, 2.45) is 0 Å². The highest BCUT2D eigenvalue weighted by molar-refractivity contribution is 7.07. The molecule has 0 unspecified atom stereocenters. The second kappa shape index (κ2) is 5.18. The van der Waals surface area contributed by atoms with Crippen LogP contribution >= 0.6 is 11.5 Å². The Morgan fingerprint density at radius 2 is 2.27 bits per heavy atom. The van der Waals surface area contributed by atoms with Crippen LogP contribution < -0.4 is 5.32 Å². The first-order chi connectivity index (χ1) is 7.17. The number of carbonyl (C=O) groups excluding carboxylic acids is 1. The average molecular weight is 229 g/mol. The fourth-order valence-electron chi connectivity index (χ4n) is 1.26. The Bertz CT molecular complexity index is 301. The summed E-state index contributed by atoms with van der Waals surface area (Å²) in [4.78, 5) is 12.2. The van der Waals surface area contributed by atoms with Crippen molar-refractivity contribution in [1.82, 2.24) is 14.9 Å². The molecule has 1 heterocycles. The van der Waals surface area contributed by atoms with E-state index in [0.717, 1.165) is 11.5 Å². The number of hydrogen-bond acceptors (Lipinski definition) is 5. The van der Waals surface area contributed by atoms with Crippen LogP contribution in [-0.4, -0.2) is 32.7 Å². The van der Waals surface area contributed by atoms with Gasteiger partial charge in [-0.05, 0) is 24.4 Å². The Kier molecular flexibility index (Phi) is 4.16. The van der Waals surface area contributed by atoms with Gasteiger partial charge in [-0.25, -0.2) is 0 Å². The summed E-state index contributed by atoms with van der Waals surface area (Å²) >= 11 is 1.05. The van der Waals surface area contributed by atoms with Crippen molar-refractivity contribution in [3.05, 3.63) is 11.1 Å². The quantitative estimate of drug-likeness (QED) is 0.783. The van der Waals surface area contributed by atoms with Gasteiger partial charge in [0.15, 0.2) is 0 Å². The molecule has 0 fully saturated rings. The molecule has 0 saturated carbocycles. The number of rotatable bonds is 5. The molecule has 0 radical (unpaired) electrons. The van der Waals surface area contributed by atoms with Crippen molar-refractivity contribution >= 4 is 17.4 Å². The Morgan fingerprint density at radius 3 is 2.67 bits per heavy atom. The maximum atomic E-state index is 11.7. The monoisotopic (exact) mass is 229 g/mol. The highest BCUT2D eigenvalue weighted by Crippen LogP contribution is 2.15.